The van der Waals surface area contributed by atoms with E-state index in [0.717, 1.165) is 25.8 Å². The summed E-state index contributed by atoms with van der Waals surface area (Å²) in [6, 6.07) is 1.98. The Balaban J connectivity index is 2.58. The third-order valence-corrected chi connectivity index (χ3v) is 3.05. The van der Waals surface area contributed by atoms with Crippen molar-refractivity contribution in [2.75, 3.05) is 6.54 Å². The Hall–Kier alpha value is -1.04. The summed E-state index contributed by atoms with van der Waals surface area (Å²) in [5.41, 5.74) is 0. The van der Waals surface area contributed by atoms with E-state index < -0.39 is 0 Å². The highest BCUT2D eigenvalue weighted by Gasteiger charge is 2.28. The lowest BCUT2D eigenvalue weighted by Crippen LogP contribution is -2.44. The minimum absolute atomic E-state index is 0.163. The first-order valence-electron chi connectivity index (χ1n) is 5.42. The van der Waals surface area contributed by atoms with Crippen molar-refractivity contribution < 1.29 is 4.79 Å². The molecule has 2 unspecified atom stereocenters. The van der Waals surface area contributed by atoms with Gasteiger partial charge in [-0.15, -0.1) is 0 Å². The van der Waals surface area contributed by atoms with E-state index >= 15 is 0 Å². The Morgan fingerprint density at radius 1 is 1.64 bits per heavy atom. The van der Waals surface area contributed by atoms with E-state index in [0.29, 0.717) is 12.3 Å². The van der Waals surface area contributed by atoms with Gasteiger partial charge >= 0.3 is 0 Å². The van der Waals surface area contributed by atoms with Crippen LogP contribution < -0.4 is 0 Å². The van der Waals surface area contributed by atoms with Gasteiger partial charge in [0.25, 0.3) is 0 Å². The van der Waals surface area contributed by atoms with E-state index in [1.165, 1.54) is 0 Å². The van der Waals surface area contributed by atoms with Crippen molar-refractivity contribution in [3.05, 3.63) is 0 Å². The van der Waals surface area contributed by atoms with Crippen LogP contribution in [0.4, 0.5) is 0 Å². The van der Waals surface area contributed by atoms with E-state index in [1.807, 2.05) is 6.92 Å². The first kappa shape index (κ1) is 11.0. The van der Waals surface area contributed by atoms with E-state index in [9.17, 15) is 4.79 Å². The van der Waals surface area contributed by atoms with Crippen LogP contribution in [0.15, 0.2) is 0 Å². The molecule has 1 rings (SSSR count). The minimum Gasteiger partial charge on any atom is -0.327 e. The number of nitriles is 1. The Morgan fingerprint density at radius 3 is 2.79 bits per heavy atom. The molecule has 1 heterocycles. The van der Waals surface area contributed by atoms with Gasteiger partial charge in [-0.25, -0.2) is 0 Å². The van der Waals surface area contributed by atoms with Crippen molar-refractivity contribution in [1.29, 1.82) is 5.26 Å². The van der Waals surface area contributed by atoms with Gasteiger partial charge in [-0.1, -0.05) is 20.3 Å². The second kappa shape index (κ2) is 4.99. The Labute approximate surface area is 85.7 Å². The second-order valence-electron chi connectivity index (χ2n) is 3.91. The minimum atomic E-state index is -0.208. The largest absolute Gasteiger partial charge is 0.327 e. The number of carbonyl (C=O) groups is 1. The summed E-state index contributed by atoms with van der Waals surface area (Å²) in [7, 11) is 0. The van der Waals surface area contributed by atoms with Crippen LogP contribution in [-0.2, 0) is 4.79 Å². The van der Waals surface area contributed by atoms with Crippen LogP contribution in [-0.4, -0.2) is 23.4 Å². The Kier molecular flexibility index (Phi) is 3.94. The monoisotopic (exact) mass is 194 g/mol. The van der Waals surface area contributed by atoms with Crippen LogP contribution in [0.3, 0.4) is 0 Å². The molecule has 0 radical (unpaired) electrons. The van der Waals surface area contributed by atoms with Crippen LogP contribution in [0.1, 0.15) is 39.5 Å². The number of amides is 1. The molecule has 1 amide bonds. The number of likely N-dealkylation sites (tertiary alicyclic amines) is 1. The van der Waals surface area contributed by atoms with Crippen LogP contribution in [0.5, 0.6) is 0 Å². The molecule has 3 heteroatoms. The van der Waals surface area contributed by atoms with Crippen molar-refractivity contribution in [1.82, 2.24) is 4.90 Å². The molecule has 1 saturated heterocycles. The standard InChI is InChI=1S/C11H18N2O/c1-3-9-5-6-13(11(14)7-9)10(4-2)8-12/h9-10H,3-7H2,1-2H3. The molecule has 1 aliphatic rings. The summed E-state index contributed by atoms with van der Waals surface area (Å²) < 4.78 is 0. The van der Waals surface area contributed by atoms with Crippen LogP contribution in [0.25, 0.3) is 0 Å². The third kappa shape index (κ3) is 2.25. The quantitative estimate of drug-likeness (QED) is 0.689. The van der Waals surface area contributed by atoms with Gasteiger partial charge in [-0.2, -0.15) is 5.26 Å². The highest BCUT2D eigenvalue weighted by molar-refractivity contribution is 5.77. The number of nitrogens with zero attached hydrogens (tertiary/aromatic N) is 2. The van der Waals surface area contributed by atoms with Crippen LogP contribution in [0.2, 0.25) is 0 Å². The summed E-state index contributed by atoms with van der Waals surface area (Å²) in [5.74, 6) is 0.700. The van der Waals surface area contributed by atoms with Gasteiger partial charge in [0.15, 0.2) is 0 Å². The fourth-order valence-corrected chi connectivity index (χ4v) is 1.97. The number of rotatable bonds is 3. The molecule has 1 fully saturated rings. The summed E-state index contributed by atoms with van der Waals surface area (Å²) in [4.78, 5) is 13.4. The number of piperidine rings is 1. The molecule has 1 aliphatic heterocycles. The first-order valence-corrected chi connectivity index (χ1v) is 5.42. The van der Waals surface area contributed by atoms with Gasteiger partial charge in [0.05, 0.1) is 6.07 Å². The van der Waals surface area contributed by atoms with Crippen molar-refractivity contribution >= 4 is 5.91 Å². The maximum Gasteiger partial charge on any atom is 0.223 e. The predicted molar refractivity (Wildman–Crippen MR) is 54.4 cm³/mol. The highest BCUT2D eigenvalue weighted by atomic mass is 16.2. The van der Waals surface area contributed by atoms with Gasteiger partial charge in [0, 0.05) is 13.0 Å². The van der Waals surface area contributed by atoms with Gasteiger partial charge in [-0.05, 0) is 18.8 Å². The summed E-state index contributed by atoms with van der Waals surface area (Å²) in [6.45, 7) is 4.84. The molecule has 0 bridgehead atoms. The lowest BCUT2D eigenvalue weighted by molar-refractivity contribution is -0.136. The first-order chi connectivity index (χ1) is 6.72. The molecular formula is C11H18N2O. The van der Waals surface area contributed by atoms with Crippen molar-refractivity contribution in [3.8, 4) is 6.07 Å². The Morgan fingerprint density at radius 2 is 2.36 bits per heavy atom. The highest BCUT2D eigenvalue weighted by Crippen LogP contribution is 2.23. The summed E-state index contributed by atoms with van der Waals surface area (Å²) in [6.07, 6.45) is 3.50. The van der Waals surface area contributed by atoms with Crippen LogP contribution in [0, 0.1) is 17.2 Å². The van der Waals surface area contributed by atoms with Crippen molar-refractivity contribution in [3.63, 3.8) is 0 Å². The molecule has 0 aromatic carbocycles. The Bertz CT molecular complexity index is 244. The number of hydrogen-bond acceptors (Lipinski definition) is 2. The molecule has 3 nitrogen and oxygen atoms in total. The maximum atomic E-state index is 11.7. The predicted octanol–water partition coefficient (Wildman–Crippen LogP) is 1.94. The maximum absolute atomic E-state index is 11.7. The fourth-order valence-electron chi connectivity index (χ4n) is 1.97. The second-order valence-corrected chi connectivity index (χ2v) is 3.91. The topological polar surface area (TPSA) is 44.1 Å². The van der Waals surface area contributed by atoms with E-state index in [-0.39, 0.29) is 11.9 Å². The molecule has 0 spiro atoms. The number of carbonyl (C=O) groups excluding carboxylic acids is 1. The van der Waals surface area contributed by atoms with E-state index in [1.54, 1.807) is 4.90 Å². The average molecular weight is 194 g/mol. The summed E-state index contributed by atoms with van der Waals surface area (Å²) >= 11 is 0. The molecule has 78 valence electrons. The van der Waals surface area contributed by atoms with Crippen LogP contribution >= 0.6 is 0 Å². The normalized spacial score (nSPS) is 24.5. The zero-order valence-electron chi connectivity index (χ0n) is 8.99. The molecular weight excluding hydrogens is 176 g/mol. The van der Waals surface area contributed by atoms with Crippen molar-refractivity contribution in [2.45, 2.75) is 45.6 Å². The molecule has 2 atom stereocenters. The third-order valence-electron chi connectivity index (χ3n) is 3.05. The molecule has 0 saturated carbocycles. The molecule has 0 aliphatic carbocycles. The van der Waals surface area contributed by atoms with Gasteiger partial charge in [0.1, 0.15) is 6.04 Å². The zero-order chi connectivity index (χ0) is 10.6. The zero-order valence-corrected chi connectivity index (χ0v) is 8.99. The summed E-state index contributed by atoms with van der Waals surface area (Å²) in [5, 5.41) is 8.88. The lowest BCUT2D eigenvalue weighted by atomic mass is 9.93. The smallest absolute Gasteiger partial charge is 0.223 e. The van der Waals surface area contributed by atoms with Crippen molar-refractivity contribution in [2.24, 2.45) is 5.92 Å². The SMILES string of the molecule is CCC1CCN(C(C#N)CC)C(=O)C1. The molecule has 14 heavy (non-hydrogen) atoms. The molecule has 0 N–H and O–H groups in total. The molecule has 0 aromatic rings. The average Bonchev–Trinajstić information content (AvgIpc) is 2.22. The van der Waals surface area contributed by atoms with E-state index in [2.05, 4.69) is 13.0 Å². The van der Waals surface area contributed by atoms with E-state index in [4.69, 9.17) is 5.26 Å². The van der Waals surface area contributed by atoms with Gasteiger partial charge < -0.3 is 4.90 Å². The number of hydrogen-bond donors (Lipinski definition) is 0. The van der Waals surface area contributed by atoms with Gasteiger partial charge in [-0.3, -0.25) is 4.79 Å². The fraction of sp³-hybridized carbons (Fsp3) is 0.818. The molecule has 0 aromatic heterocycles. The lowest BCUT2D eigenvalue weighted by Gasteiger charge is -2.33. The van der Waals surface area contributed by atoms with Gasteiger partial charge in [0.2, 0.25) is 5.91 Å².